The Morgan fingerprint density at radius 3 is 2.68 bits per heavy atom. The van der Waals surface area contributed by atoms with Gasteiger partial charge in [0.15, 0.2) is 0 Å². The van der Waals surface area contributed by atoms with Gasteiger partial charge in [0.2, 0.25) is 0 Å². The molecular formula is C15H16O2S2. The van der Waals surface area contributed by atoms with Gasteiger partial charge >= 0.3 is 5.97 Å². The highest BCUT2D eigenvalue weighted by molar-refractivity contribution is 7.97. The predicted molar refractivity (Wildman–Crippen MR) is 82.2 cm³/mol. The summed E-state index contributed by atoms with van der Waals surface area (Å²) in [6, 6.07) is 10.3. The average Bonchev–Trinajstić information content (AvgIpc) is 2.71. The normalized spacial score (nSPS) is 10.6. The molecule has 0 aliphatic rings. The summed E-state index contributed by atoms with van der Waals surface area (Å²) in [7, 11) is 0. The van der Waals surface area contributed by atoms with Crippen molar-refractivity contribution in [1.82, 2.24) is 0 Å². The number of hydrogen-bond acceptors (Lipinski definition) is 3. The second-order valence-electron chi connectivity index (χ2n) is 4.48. The lowest BCUT2D eigenvalue weighted by atomic mass is 10.2. The van der Waals surface area contributed by atoms with Gasteiger partial charge in [0.05, 0.1) is 0 Å². The Morgan fingerprint density at radius 2 is 2.05 bits per heavy atom. The van der Waals surface area contributed by atoms with Gasteiger partial charge in [-0.05, 0) is 31.0 Å². The molecule has 1 heterocycles. The van der Waals surface area contributed by atoms with Gasteiger partial charge in [0.25, 0.3) is 0 Å². The molecule has 1 N–H and O–H groups in total. The summed E-state index contributed by atoms with van der Waals surface area (Å²) in [4.78, 5) is 12.4. The van der Waals surface area contributed by atoms with Crippen LogP contribution in [0.25, 0.3) is 0 Å². The summed E-state index contributed by atoms with van der Waals surface area (Å²) >= 11 is 3.18. The molecule has 4 heteroatoms. The molecule has 1 aromatic carbocycles. The maximum atomic E-state index is 10.9. The Bertz CT molecular complexity index is 588. The van der Waals surface area contributed by atoms with E-state index in [9.17, 15) is 4.79 Å². The number of aromatic carboxylic acids is 1. The van der Waals surface area contributed by atoms with Crippen molar-refractivity contribution in [3.8, 4) is 0 Å². The van der Waals surface area contributed by atoms with Crippen LogP contribution in [0.4, 0.5) is 0 Å². The summed E-state index contributed by atoms with van der Waals surface area (Å²) in [6.07, 6.45) is 0. The van der Waals surface area contributed by atoms with Crippen LogP contribution in [-0.4, -0.2) is 11.1 Å². The molecule has 2 rings (SSSR count). The maximum Gasteiger partial charge on any atom is 0.345 e. The van der Waals surface area contributed by atoms with E-state index in [0.29, 0.717) is 4.88 Å². The van der Waals surface area contributed by atoms with Gasteiger partial charge in [0, 0.05) is 16.4 Å². The third-order valence-electron chi connectivity index (χ3n) is 2.84. The Morgan fingerprint density at radius 1 is 1.26 bits per heavy atom. The van der Waals surface area contributed by atoms with E-state index in [0.717, 1.165) is 21.9 Å². The second kappa shape index (κ2) is 6.26. The van der Waals surface area contributed by atoms with Crippen LogP contribution in [0.5, 0.6) is 0 Å². The van der Waals surface area contributed by atoms with E-state index in [-0.39, 0.29) is 0 Å². The van der Waals surface area contributed by atoms with E-state index in [1.54, 1.807) is 6.07 Å². The van der Waals surface area contributed by atoms with Crippen molar-refractivity contribution in [3.05, 3.63) is 56.8 Å². The van der Waals surface area contributed by atoms with Crippen LogP contribution in [-0.2, 0) is 11.5 Å². The molecule has 1 aromatic heterocycles. The second-order valence-corrected chi connectivity index (χ2v) is 6.72. The third kappa shape index (κ3) is 3.85. The number of rotatable bonds is 5. The van der Waals surface area contributed by atoms with Gasteiger partial charge in [-0.2, -0.15) is 11.8 Å². The molecule has 0 amide bonds. The SMILES string of the molecule is Cc1cccc(CSCc2cc(C(=O)O)sc2C)c1. The summed E-state index contributed by atoms with van der Waals surface area (Å²) in [5.41, 5.74) is 3.73. The number of aryl methyl sites for hydroxylation is 2. The zero-order chi connectivity index (χ0) is 13.8. The summed E-state index contributed by atoms with van der Waals surface area (Å²) < 4.78 is 0. The minimum atomic E-state index is -0.831. The van der Waals surface area contributed by atoms with Crippen LogP contribution >= 0.6 is 23.1 Å². The molecule has 0 saturated carbocycles. The monoisotopic (exact) mass is 292 g/mol. The van der Waals surface area contributed by atoms with E-state index in [1.165, 1.54) is 22.5 Å². The lowest BCUT2D eigenvalue weighted by molar-refractivity contribution is 0.0702. The van der Waals surface area contributed by atoms with Gasteiger partial charge in [-0.15, -0.1) is 11.3 Å². The number of thiophene rings is 1. The van der Waals surface area contributed by atoms with Crippen LogP contribution < -0.4 is 0 Å². The van der Waals surface area contributed by atoms with Crippen LogP contribution in [0, 0.1) is 13.8 Å². The van der Waals surface area contributed by atoms with Crippen LogP contribution in [0.3, 0.4) is 0 Å². The standard InChI is InChI=1S/C15H16O2S2/c1-10-4-3-5-12(6-10)8-18-9-13-7-14(15(16)17)19-11(13)2/h3-7H,8-9H2,1-2H3,(H,16,17). The van der Waals surface area contributed by atoms with E-state index in [2.05, 4.69) is 31.2 Å². The first-order valence-electron chi connectivity index (χ1n) is 6.02. The Labute approximate surface area is 121 Å². The molecule has 0 aliphatic heterocycles. The fourth-order valence-corrected chi connectivity index (χ4v) is 3.86. The number of benzene rings is 1. The molecule has 0 bridgehead atoms. The molecule has 0 saturated heterocycles. The van der Waals surface area contributed by atoms with Crippen LogP contribution in [0.15, 0.2) is 30.3 Å². The van der Waals surface area contributed by atoms with E-state index >= 15 is 0 Å². The van der Waals surface area contributed by atoms with Crippen molar-refractivity contribution >= 4 is 29.1 Å². The summed E-state index contributed by atoms with van der Waals surface area (Å²) in [5, 5.41) is 8.96. The number of carboxylic acid groups (broad SMARTS) is 1. The minimum Gasteiger partial charge on any atom is -0.477 e. The molecule has 0 aliphatic carbocycles. The van der Waals surface area contributed by atoms with Crippen molar-refractivity contribution in [2.45, 2.75) is 25.4 Å². The van der Waals surface area contributed by atoms with Crippen molar-refractivity contribution in [1.29, 1.82) is 0 Å². The highest BCUT2D eigenvalue weighted by atomic mass is 32.2. The fraction of sp³-hybridized carbons (Fsp3) is 0.267. The maximum absolute atomic E-state index is 10.9. The largest absolute Gasteiger partial charge is 0.477 e. The number of thioether (sulfide) groups is 1. The molecule has 2 nitrogen and oxygen atoms in total. The van der Waals surface area contributed by atoms with Crippen LogP contribution in [0.1, 0.15) is 31.2 Å². The molecule has 0 radical (unpaired) electrons. The number of carbonyl (C=O) groups is 1. The topological polar surface area (TPSA) is 37.3 Å². The highest BCUT2D eigenvalue weighted by Gasteiger charge is 2.10. The average molecular weight is 292 g/mol. The van der Waals surface area contributed by atoms with Crippen LogP contribution in [0.2, 0.25) is 0 Å². The number of hydrogen-bond donors (Lipinski definition) is 1. The molecule has 0 fully saturated rings. The van der Waals surface area contributed by atoms with Gasteiger partial charge in [-0.1, -0.05) is 29.8 Å². The Balaban J connectivity index is 1.94. The smallest absolute Gasteiger partial charge is 0.345 e. The van der Waals surface area contributed by atoms with Gasteiger partial charge < -0.3 is 5.11 Å². The molecule has 19 heavy (non-hydrogen) atoms. The third-order valence-corrected chi connectivity index (χ3v) is 4.97. The van der Waals surface area contributed by atoms with Gasteiger partial charge in [-0.25, -0.2) is 4.79 Å². The zero-order valence-corrected chi connectivity index (χ0v) is 12.6. The van der Waals surface area contributed by atoms with Crippen molar-refractivity contribution in [3.63, 3.8) is 0 Å². The minimum absolute atomic E-state index is 0.434. The van der Waals surface area contributed by atoms with Gasteiger partial charge in [-0.3, -0.25) is 0 Å². The molecule has 100 valence electrons. The van der Waals surface area contributed by atoms with Crippen molar-refractivity contribution in [2.24, 2.45) is 0 Å². The van der Waals surface area contributed by atoms with Gasteiger partial charge in [0.1, 0.15) is 4.88 Å². The summed E-state index contributed by atoms with van der Waals surface area (Å²) in [5.74, 6) is 0.992. The first-order chi connectivity index (χ1) is 9.06. The molecule has 0 spiro atoms. The first-order valence-corrected chi connectivity index (χ1v) is 7.99. The predicted octanol–water partition coefficient (Wildman–Crippen LogP) is 4.50. The quantitative estimate of drug-likeness (QED) is 0.881. The Hall–Kier alpha value is -1.26. The molecule has 0 atom stereocenters. The fourth-order valence-electron chi connectivity index (χ4n) is 1.85. The number of carboxylic acids is 1. The zero-order valence-electron chi connectivity index (χ0n) is 11.0. The van der Waals surface area contributed by atoms with E-state index in [4.69, 9.17) is 5.11 Å². The Kier molecular flexibility index (Phi) is 4.66. The first kappa shape index (κ1) is 14.2. The summed E-state index contributed by atoms with van der Waals surface area (Å²) in [6.45, 7) is 4.08. The van der Waals surface area contributed by atoms with Crippen molar-refractivity contribution < 1.29 is 9.90 Å². The molecule has 0 unspecified atom stereocenters. The lowest BCUT2D eigenvalue weighted by Crippen LogP contribution is -1.90. The molecular weight excluding hydrogens is 276 g/mol. The van der Waals surface area contributed by atoms with E-state index < -0.39 is 5.97 Å². The van der Waals surface area contributed by atoms with E-state index in [1.807, 2.05) is 18.7 Å². The van der Waals surface area contributed by atoms with Crippen molar-refractivity contribution in [2.75, 3.05) is 0 Å². The molecule has 2 aromatic rings. The lowest BCUT2D eigenvalue weighted by Gasteiger charge is -2.03. The highest BCUT2D eigenvalue weighted by Crippen LogP contribution is 2.27.